The van der Waals surface area contributed by atoms with Gasteiger partial charge in [-0.25, -0.2) is 4.79 Å². The molecule has 0 radical (unpaired) electrons. The lowest BCUT2D eigenvalue weighted by atomic mass is 10.1. The summed E-state index contributed by atoms with van der Waals surface area (Å²) in [4.78, 5) is 23.4. The molecular weight excluding hydrogens is 220 g/mol. The van der Waals surface area contributed by atoms with E-state index >= 15 is 0 Å². The van der Waals surface area contributed by atoms with Crippen LogP contribution in [0.15, 0.2) is 30.3 Å². The largest absolute Gasteiger partial charge is 0.465 e. The van der Waals surface area contributed by atoms with Crippen molar-refractivity contribution >= 4 is 12.0 Å². The Bertz CT molecular complexity index is 419. The van der Waals surface area contributed by atoms with Gasteiger partial charge < -0.3 is 10.4 Å². The summed E-state index contributed by atoms with van der Waals surface area (Å²) in [5, 5.41) is 11.6. The Balaban J connectivity index is 1.95. The minimum Gasteiger partial charge on any atom is -0.465 e. The summed E-state index contributed by atoms with van der Waals surface area (Å²) < 4.78 is 0. The molecule has 2 N–H and O–H groups in total. The van der Waals surface area contributed by atoms with Crippen LogP contribution in [0, 0.1) is 0 Å². The van der Waals surface area contributed by atoms with E-state index in [9.17, 15) is 9.59 Å². The number of benzene rings is 1. The molecule has 1 atom stereocenters. The van der Waals surface area contributed by atoms with Crippen LogP contribution in [0.1, 0.15) is 5.56 Å². The van der Waals surface area contributed by atoms with Crippen LogP contribution in [0.25, 0.3) is 0 Å². The second-order valence-corrected chi connectivity index (χ2v) is 3.97. The molecule has 1 fully saturated rings. The van der Waals surface area contributed by atoms with Crippen LogP contribution in [0.4, 0.5) is 4.79 Å². The van der Waals surface area contributed by atoms with Crippen LogP contribution in [0.2, 0.25) is 0 Å². The molecule has 1 aromatic rings. The predicted molar refractivity (Wildman–Crippen MR) is 61.7 cm³/mol. The fourth-order valence-corrected chi connectivity index (χ4v) is 1.81. The Hall–Kier alpha value is -2.04. The summed E-state index contributed by atoms with van der Waals surface area (Å²) >= 11 is 0. The van der Waals surface area contributed by atoms with Gasteiger partial charge in [0.2, 0.25) is 5.91 Å². The van der Waals surface area contributed by atoms with Gasteiger partial charge in [-0.15, -0.1) is 0 Å². The van der Waals surface area contributed by atoms with Gasteiger partial charge in [-0.05, 0) is 12.0 Å². The molecule has 2 amide bonds. The Morgan fingerprint density at radius 2 is 2.12 bits per heavy atom. The van der Waals surface area contributed by atoms with Crippen LogP contribution in [-0.4, -0.2) is 41.1 Å². The molecular formula is C12H14N2O3. The maximum absolute atomic E-state index is 11.2. The van der Waals surface area contributed by atoms with Gasteiger partial charge in [0.1, 0.15) is 6.04 Å². The highest BCUT2D eigenvalue weighted by Crippen LogP contribution is 2.09. The van der Waals surface area contributed by atoms with E-state index in [1.807, 2.05) is 30.3 Å². The number of amides is 2. The number of rotatable bonds is 4. The lowest BCUT2D eigenvalue weighted by Crippen LogP contribution is -2.63. The second-order valence-electron chi connectivity index (χ2n) is 3.97. The highest BCUT2D eigenvalue weighted by atomic mass is 16.4. The first-order valence-corrected chi connectivity index (χ1v) is 5.49. The third-order valence-corrected chi connectivity index (χ3v) is 2.88. The number of β-lactam (4-membered cyclic amide) rings is 1. The number of nitrogens with one attached hydrogen (secondary N) is 1. The minimum absolute atomic E-state index is 0.208. The van der Waals surface area contributed by atoms with E-state index < -0.39 is 12.1 Å². The van der Waals surface area contributed by atoms with Gasteiger partial charge in [0, 0.05) is 13.1 Å². The first-order chi connectivity index (χ1) is 8.18. The van der Waals surface area contributed by atoms with Crippen molar-refractivity contribution in [3.63, 3.8) is 0 Å². The number of carbonyl (C=O) groups excluding carboxylic acids is 1. The number of hydrogen-bond acceptors (Lipinski definition) is 2. The zero-order valence-electron chi connectivity index (χ0n) is 9.30. The van der Waals surface area contributed by atoms with Gasteiger partial charge in [-0.2, -0.15) is 0 Å². The van der Waals surface area contributed by atoms with Crippen LogP contribution in [-0.2, 0) is 11.2 Å². The van der Waals surface area contributed by atoms with Gasteiger partial charge in [0.05, 0.1) is 0 Å². The van der Waals surface area contributed by atoms with E-state index in [1.165, 1.54) is 4.90 Å². The Kier molecular flexibility index (Phi) is 3.27. The lowest BCUT2D eigenvalue weighted by Gasteiger charge is -2.34. The first-order valence-electron chi connectivity index (χ1n) is 5.49. The van der Waals surface area contributed by atoms with Crippen LogP contribution < -0.4 is 5.32 Å². The average molecular weight is 234 g/mol. The van der Waals surface area contributed by atoms with Crippen molar-refractivity contribution in [3.8, 4) is 0 Å². The number of nitrogens with zero attached hydrogens (tertiary/aromatic N) is 1. The summed E-state index contributed by atoms with van der Waals surface area (Å²) in [7, 11) is 0. The third kappa shape index (κ3) is 2.55. The summed E-state index contributed by atoms with van der Waals surface area (Å²) in [5.74, 6) is -0.208. The molecule has 17 heavy (non-hydrogen) atoms. The minimum atomic E-state index is -1.04. The molecule has 5 heteroatoms. The number of carbonyl (C=O) groups is 2. The van der Waals surface area contributed by atoms with Crippen molar-refractivity contribution < 1.29 is 14.7 Å². The maximum Gasteiger partial charge on any atom is 0.408 e. The predicted octanol–water partition coefficient (Wildman–Crippen LogP) is 0.707. The fraction of sp³-hybridized carbons (Fsp3) is 0.333. The van der Waals surface area contributed by atoms with Crippen molar-refractivity contribution in [2.24, 2.45) is 0 Å². The average Bonchev–Trinajstić information content (AvgIpc) is 2.33. The second kappa shape index (κ2) is 4.86. The third-order valence-electron chi connectivity index (χ3n) is 2.88. The first kappa shape index (κ1) is 11.4. The van der Waals surface area contributed by atoms with E-state index in [4.69, 9.17) is 5.11 Å². The van der Waals surface area contributed by atoms with Gasteiger partial charge in [0.15, 0.2) is 0 Å². The zero-order valence-corrected chi connectivity index (χ0v) is 9.30. The van der Waals surface area contributed by atoms with Crippen molar-refractivity contribution in [2.45, 2.75) is 12.5 Å². The molecule has 1 aliphatic rings. The quantitative estimate of drug-likeness (QED) is 0.754. The van der Waals surface area contributed by atoms with Gasteiger partial charge in [-0.3, -0.25) is 9.69 Å². The monoisotopic (exact) mass is 234 g/mol. The van der Waals surface area contributed by atoms with Crippen molar-refractivity contribution in [1.29, 1.82) is 0 Å². The van der Waals surface area contributed by atoms with Crippen LogP contribution in [0.3, 0.4) is 0 Å². The van der Waals surface area contributed by atoms with Gasteiger partial charge >= 0.3 is 6.09 Å². The normalized spacial score (nSPS) is 18.1. The molecule has 0 saturated carbocycles. The maximum atomic E-state index is 11.2. The summed E-state index contributed by atoms with van der Waals surface area (Å²) in [6.07, 6.45) is -0.419. The van der Waals surface area contributed by atoms with Gasteiger partial charge in [-0.1, -0.05) is 30.3 Å². The molecule has 1 aromatic carbocycles. The Morgan fingerprint density at radius 1 is 1.41 bits per heavy atom. The number of hydrogen-bond donors (Lipinski definition) is 2. The van der Waals surface area contributed by atoms with Crippen molar-refractivity contribution in [1.82, 2.24) is 10.2 Å². The van der Waals surface area contributed by atoms with Crippen molar-refractivity contribution in [2.75, 3.05) is 13.1 Å². The molecule has 1 saturated heterocycles. The molecule has 2 rings (SSSR count). The molecule has 1 heterocycles. The summed E-state index contributed by atoms with van der Waals surface area (Å²) in [5.41, 5.74) is 1.07. The molecule has 0 spiro atoms. The zero-order chi connectivity index (χ0) is 12.3. The lowest BCUT2D eigenvalue weighted by molar-refractivity contribution is -0.132. The van der Waals surface area contributed by atoms with E-state index in [2.05, 4.69) is 5.32 Å². The molecule has 0 bridgehead atoms. The highest BCUT2D eigenvalue weighted by Gasteiger charge is 2.36. The van der Waals surface area contributed by atoms with E-state index in [-0.39, 0.29) is 5.91 Å². The SMILES string of the molecule is O=C1NCC1N(CCc1ccccc1)C(=O)O. The molecule has 90 valence electrons. The van der Waals surface area contributed by atoms with Crippen LogP contribution >= 0.6 is 0 Å². The summed E-state index contributed by atoms with van der Waals surface area (Å²) in [6, 6.07) is 9.11. The fourth-order valence-electron chi connectivity index (χ4n) is 1.81. The molecule has 0 aliphatic carbocycles. The molecule has 1 aliphatic heterocycles. The van der Waals surface area contributed by atoms with Crippen LogP contribution in [0.5, 0.6) is 0 Å². The molecule has 5 nitrogen and oxygen atoms in total. The highest BCUT2D eigenvalue weighted by molar-refractivity contribution is 5.90. The Morgan fingerprint density at radius 3 is 2.59 bits per heavy atom. The van der Waals surface area contributed by atoms with Gasteiger partial charge in [0.25, 0.3) is 0 Å². The van der Waals surface area contributed by atoms with Crippen molar-refractivity contribution in [3.05, 3.63) is 35.9 Å². The summed E-state index contributed by atoms with van der Waals surface area (Å²) in [6.45, 7) is 0.761. The Labute approximate surface area is 99.0 Å². The topological polar surface area (TPSA) is 69.6 Å². The molecule has 1 unspecified atom stereocenters. The standard InChI is InChI=1S/C12H14N2O3/c15-11-10(8-13-11)14(12(16)17)7-6-9-4-2-1-3-5-9/h1-5,10H,6-8H2,(H,13,15)(H,16,17). The van der Waals surface area contributed by atoms with E-state index in [0.717, 1.165) is 5.56 Å². The smallest absolute Gasteiger partial charge is 0.408 e. The number of carboxylic acid groups (broad SMARTS) is 1. The van der Waals surface area contributed by atoms with E-state index in [0.29, 0.717) is 19.5 Å². The van der Waals surface area contributed by atoms with E-state index in [1.54, 1.807) is 0 Å². The molecule has 0 aromatic heterocycles.